The van der Waals surface area contributed by atoms with Gasteiger partial charge in [0.2, 0.25) is 0 Å². The molecular weight excluding hydrogens is 284 g/mol. The first-order chi connectivity index (χ1) is 9.47. The molecule has 2 heterocycles. The molecule has 1 fully saturated rings. The zero-order valence-electron chi connectivity index (χ0n) is 10.9. The van der Waals surface area contributed by atoms with Gasteiger partial charge in [0.1, 0.15) is 11.3 Å². The smallest absolute Gasteiger partial charge is 0.288 e. The van der Waals surface area contributed by atoms with Gasteiger partial charge in [-0.1, -0.05) is 11.6 Å². The molecule has 108 valence electrons. The topological polar surface area (TPSA) is 97.2 Å². The molecule has 0 aromatic carbocycles. The number of nitrogens with zero attached hydrogens (tertiary/aromatic N) is 2. The Kier molecular flexibility index (Phi) is 4.51. The molecule has 0 radical (unpaired) electrons. The van der Waals surface area contributed by atoms with Gasteiger partial charge in [-0.2, -0.15) is 0 Å². The van der Waals surface area contributed by atoms with E-state index >= 15 is 0 Å². The first-order valence-corrected chi connectivity index (χ1v) is 6.69. The average Bonchev–Trinajstić information content (AvgIpc) is 2.38. The number of piperidine rings is 1. The van der Waals surface area contributed by atoms with Crippen LogP contribution in [0.25, 0.3) is 0 Å². The number of nitrogens with one attached hydrogen (secondary N) is 2. The molecule has 0 aliphatic carbocycles. The van der Waals surface area contributed by atoms with Gasteiger partial charge in [-0.05, 0) is 26.3 Å². The molecular formula is C12H15ClN4O3. The summed E-state index contributed by atoms with van der Waals surface area (Å²) in [5, 5.41) is 16.8. The standard InChI is InChI=1S/C12H15ClN4O3/c1-7-4-8(2-3-14-7)16-12(18)10-5-9(17(19)20)6-15-11(10)13/h5-8,14H,2-4H2,1H3,(H,16,18). The number of carbonyl (C=O) groups is 1. The van der Waals surface area contributed by atoms with Crippen molar-refractivity contribution in [3.05, 3.63) is 33.1 Å². The predicted molar refractivity (Wildman–Crippen MR) is 73.9 cm³/mol. The maximum absolute atomic E-state index is 12.1. The summed E-state index contributed by atoms with van der Waals surface area (Å²) in [5.74, 6) is -0.426. The van der Waals surface area contributed by atoms with Crippen LogP contribution < -0.4 is 10.6 Å². The van der Waals surface area contributed by atoms with Crippen LogP contribution >= 0.6 is 11.6 Å². The molecule has 8 heteroatoms. The maximum atomic E-state index is 12.1. The van der Waals surface area contributed by atoms with E-state index in [2.05, 4.69) is 15.6 Å². The van der Waals surface area contributed by atoms with Crippen molar-refractivity contribution in [3.63, 3.8) is 0 Å². The van der Waals surface area contributed by atoms with Crippen LogP contribution in [0, 0.1) is 10.1 Å². The molecule has 2 rings (SSSR count). The second-order valence-electron chi connectivity index (χ2n) is 4.84. The number of rotatable bonds is 3. The van der Waals surface area contributed by atoms with Crippen molar-refractivity contribution in [1.29, 1.82) is 0 Å². The number of hydrogen-bond donors (Lipinski definition) is 2. The molecule has 2 atom stereocenters. The van der Waals surface area contributed by atoms with E-state index in [1.807, 2.05) is 6.92 Å². The van der Waals surface area contributed by atoms with Gasteiger partial charge in [0.05, 0.1) is 10.5 Å². The minimum absolute atomic E-state index is 0.0323. The van der Waals surface area contributed by atoms with Crippen LogP contribution in [0.4, 0.5) is 5.69 Å². The third-order valence-corrected chi connectivity index (χ3v) is 3.54. The molecule has 1 aromatic rings. The number of hydrogen-bond acceptors (Lipinski definition) is 5. The minimum atomic E-state index is -0.604. The lowest BCUT2D eigenvalue weighted by Crippen LogP contribution is -2.46. The zero-order valence-corrected chi connectivity index (χ0v) is 11.7. The summed E-state index contributed by atoms with van der Waals surface area (Å²) in [6, 6.07) is 1.51. The van der Waals surface area contributed by atoms with Gasteiger partial charge < -0.3 is 10.6 Å². The molecule has 1 aliphatic rings. The van der Waals surface area contributed by atoms with Gasteiger partial charge in [0.15, 0.2) is 0 Å². The van der Waals surface area contributed by atoms with Crippen molar-refractivity contribution in [2.24, 2.45) is 0 Å². The van der Waals surface area contributed by atoms with E-state index in [4.69, 9.17) is 11.6 Å². The highest BCUT2D eigenvalue weighted by atomic mass is 35.5. The molecule has 1 amide bonds. The van der Waals surface area contributed by atoms with Crippen LogP contribution in [-0.2, 0) is 0 Å². The highest BCUT2D eigenvalue weighted by Gasteiger charge is 2.23. The van der Waals surface area contributed by atoms with Crippen molar-refractivity contribution in [2.45, 2.75) is 31.8 Å². The van der Waals surface area contributed by atoms with Crippen LogP contribution in [0.3, 0.4) is 0 Å². The highest BCUT2D eigenvalue weighted by Crippen LogP contribution is 2.19. The Bertz CT molecular complexity index is 537. The Hall–Kier alpha value is -1.73. The minimum Gasteiger partial charge on any atom is -0.349 e. The van der Waals surface area contributed by atoms with Crippen molar-refractivity contribution >= 4 is 23.2 Å². The second-order valence-corrected chi connectivity index (χ2v) is 5.20. The molecule has 2 unspecified atom stereocenters. The lowest BCUT2D eigenvalue weighted by molar-refractivity contribution is -0.385. The van der Waals surface area contributed by atoms with E-state index in [1.165, 1.54) is 0 Å². The summed E-state index contributed by atoms with van der Waals surface area (Å²) >= 11 is 5.84. The fraction of sp³-hybridized carbons (Fsp3) is 0.500. The first-order valence-electron chi connectivity index (χ1n) is 6.31. The quantitative estimate of drug-likeness (QED) is 0.501. The van der Waals surface area contributed by atoms with Crippen molar-refractivity contribution in [1.82, 2.24) is 15.6 Å². The van der Waals surface area contributed by atoms with Gasteiger partial charge in [-0.15, -0.1) is 0 Å². The van der Waals surface area contributed by atoms with E-state index in [9.17, 15) is 14.9 Å². The number of nitro groups is 1. The summed E-state index contributed by atoms with van der Waals surface area (Å²) in [6.07, 6.45) is 2.66. The van der Waals surface area contributed by atoms with E-state index in [-0.39, 0.29) is 22.4 Å². The van der Waals surface area contributed by atoms with Crippen LogP contribution in [0.5, 0.6) is 0 Å². The monoisotopic (exact) mass is 298 g/mol. The molecule has 20 heavy (non-hydrogen) atoms. The van der Waals surface area contributed by atoms with E-state index in [0.29, 0.717) is 6.04 Å². The molecule has 0 bridgehead atoms. The summed E-state index contributed by atoms with van der Waals surface area (Å²) in [7, 11) is 0. The Labute approximate surface area is 120 Å². The summed E-state index contributed by atoms with van der Waals surface area (Å²) < 4.78 is 0. The van der Waals surface area contributed by atoms with Crippen LogP contribution in [0.2, 0.25) is 5.15 Å². The zero-order chi connectivity index (χ0) is 14.7. The third-order valence-electron chi connectivity index (χ3n) is 3.24. The lowest BCUT2D eigenvalue weighted by Gasteiger charge is -2.28. The van der Waals surface area contributed by atoms with Crippen LogP contribution in [0.1, 0.15) is 30.1 Å². The summed E-state index contributed by atoms with van der Waals surface area (Å²) in [4.78, 5) is 25.9. The normalized spacial score (nSPS) is 22.3. The lowest BCUT2D eigenvalue weighted by atomic mass is 10.0. The van der Waals surface area contributed by atoms with Gasteiger partial charge >= 0.3 is 0 Å². The van der Waals surface area contributed by atoms with Gasteiger partial charge in [0.25, 0.3) is 11.6 Å². The molecule has 7 nitrogen and oxygen atoms in total. The number of amides is 1. The molecule has 1 aromatic heterocycles. The predicted octanol–water partition coefficient (Wildman–Crippen LogP) is 1.51. The van der Waals surface area contributed by atoms with Crippen molar-refractivity contribution in [3.8, 4) is 0 Å². The summed E-state index contributed by atoms with van der Waals surface area (Å²) in [6.45, 7) is 2.87. The van der Waals surface area contributed by atoms with E-state index in [0.717, 1.165) is 31.6 Å². The van der Waals surface area contributed by atoms with Gasteiger partial charge in [0, 0.05) is 18.2 Å². The number of pyridine rings is 1. The molecule has 2 N–H and O–H groups in total. The van der Waals surface area contributed by atoms with Gasteiger partial charge in [-0.25, -0.2) is 4.98 Å². The fourth-order valence-electron chi connectivity index (χ4n) is 2.22. The van der Waals surface area contributed by atoms with E-state index < -0.39 is 10.8 Å². The SMILES string of the molecule is CC1CC(NC(=O)c2cc([N+](=O)[O-])cnc2Cl)CCN1. The average molecular weight is 299 g/mol. The number of halogens is 1. The molecule has 1 aliphatic heterocycles. The maximum Gasteiger partial charge on any atom is 0.288 e. The van der Waals surface area contributed by atoms with Crippen molar-refractivity contribution in [2.75, 3.05) is 6.54 Å². The van der Waals surface area contributed by atoms with E-state index in [1.54, 1.807) is 0 Å². The van der Waals surface area contributed by atoms with Crippen LogP contribution in [-0.4, -0.2) is 34.4 Å². The molecule has 0 spiro atoms. The Balaban J connectivity index is 2.12. The van der Waals surface area contributed by atoms with Crippen LogP contribution in [0.15, 0.2) is 12.3 Å². The number of carbonyl (C=O) groups excluding carboxylic acids is 1. The first kappa shape index (κ1) is 14.7. The molecule has 0 saturated carbocycles. The third kappa shape index (κ3) is 3.43. The largest absolute Gasteiger partial charge is 0.349 e. The Morgan fingerprint density at radius 2 is 2.40 bits per heavy atom. The Morgan fingerprint density at radius 3 is 3.05 bits per heavy atom. The summed E-state index contributed by atoms with van der Waals surface area (Å²) in [5.41, 5.74) is -0.217. The second kappa shape index (κ2) is 6.15. The van der Waals surface area contributed by atoms with Gasteiger partial charge in [-0.3, -0.25) is 14.9 Å². The highest BCUT2D eigenvalue weighted by molar-refractivity contribution is 6.32. The Morgan fingerprint density at radius 1 is 1.65 bits per heavy atom. The molecule has 1 saturated heterocycles. The number of aromatic nitrogens is 1. The fourth-order valence-corrected chi connectivity index (χ4v) is 2.41. The van der Waals surface area contributed by atoms with Crippen molar-refractivity contribution < 1.29 is 9.72 Å².